The molecule has 2 heteroatoms. The van der Waals surface area contributed by atoms with E-state index in [-0.39, 0.29) is 6.10 Å². The van der Waals surface area contributed by atoms with E-state index in [1.807, 2.05) is 0 Å². The Balaban J connectivity index is 1.89. The van der Waals surface area contributed by atoms with Gasteiger partial charge in [-0.15, -0.1) is 0 Å². The topological polar surface area (TPSA) is 21.3 Å². The Bertz CT molecular complexity index is 391. The monoisotopic (exact) mass is 275 g/mol. The molecule has 0 aromatic heterocycles. The molecule has 0 bridgehead atoms. The van der Waals surface area contributed by atoms with Crippen LogP contribution in [0.4, 0.5) is 0 Å². The largest absolute Gasteiger partial charge is 0.372 e. The second-order valence-corrected chi connectivity index (χ2v) is 5.84. The lowest BCUT2D eigenvalue weighted by atomic mass is 9.97. The molecule has 1 heterocycles. The molecule has 0 amide bonds. The van der Waals surface area contributed by atoms with Gasteiger partial charge < -0.3 is 10.1 Å². The molecule has 1 aromatic rings. The number of hydrogen-bond donors (Lipinski definition) is 1. The van der Waals surface area contributed by atoms with Gasteiger partial charge in [0.05, 0.1) is 12.7 Å². The van der Waals surface area contributed by atoms with Crippen LogP contribution in [0.5, 0.6) is 0 Å². The molecule has 1 aromatic carbocycles. The maximum absolute atomic E-state index is 5.97. The van der Waals surface area contributed by atoms with Gasteiger partial charge in [0.2, 0.25) is 0 Å². The van der Waals surface area contributed by atoms with E-state index in [1.165, 1.54) is 43.2 Å². The summed E-state index contributed by atoms with van der Waals surface area (Å²) >= 11 is 0. The van der Waals surface area contributed by atoms with Crippen molar-refractivity contribution < 1.29 is 4.74 Å². The first-order chi connectivity index (χ1) is 9.85. The van der Waals surface area contributed by atoms with Gasteiger partial charge in [-0.25, -0.2) is 0 Å². The molecule has 1 aliphatic rings. The Kier molecular flexibility index (Phi) is 6.55. The smallest absolute Gasteiger partial charge is 0.0952 e. The zero-order valence-corrected chi connectivity index (χ0v) is 13.0. The molecule has 2 unspecified atom stereocenters. The fourth-order valence-corrected chi connectivity index (χ4v) is 3.07. The summed E-state index contributed by atoms with van der Waals surface area (Å²) in [6.07, 6.45) is 7.71. The number of nitrogens with one attached hydrogen (secondary N) is 1. The van der Waals surface area contributed by atoms with Gasteiger partial charge in [0.15, 0.2) is 0 Å². The zero-order chi connectivity index (χ0) is 14.2. The normalized spacial score (nSPS) is 19.6. The molecular formula is C18H29NO. The Labute approximate surface area is 123 Å². The summed E-state index contributed by atoms with van der Waals surface area (Å²) in [5, 5.41) is 3.74. The average Bonchev–Trinajstić information content (AvgIpc) is 2.50. The number of rotatable bonds is 8. The molecule has 2 atom stereocenters. The first kappa shape index (κ1) is 15.5. The second-order valence-electron chi connectivity index (χ2n) is 5.84. The van der Waals surface area contributed by atoms with Crippen LogP contribution >= 0.6 is 0 Å². The predicted octanol–water partition coefficient (Wildman–Crippen LogP) is 4.25. The fourth-order valence-electron chi connectivity index (χ4n) is 3.07. The standard InChI is InChI=1S/C18H29NO/c1-3-5-10-16(8-4-2)19-14-18-17-11-7-6-9-15(17)12-13-20-18/h6-7,9,11,16,18-19H,3-5,8,10,12-14H2,1-2H3. The van der Waals surface area contributed by atoms with Crippen molar-refractivity contribution in [3.05, 3.63) is 35.4 Å². The van der Waals surface area contributed by atoms with Crippen LogP contribution in [0.15, 0.2) is 24.3 Å². The van der Waals surface area contributed by atoms with Gasteiger partial charge in [-0.05, 0) is 30.4 Å². The van der Waals surface area contributed by atoms with Crippen molar-refractivity contribution in [1.82, 2.24) is 5.32 Å². The van der Waals surface area contributed by atoms with Crippen LogP contribution in [0.1, 0.15) is 63.2 Å². The van der Waals surface area contributed by atoms with Crippen molar-refractivity contribution in [3.8, 4) is 0 Å². The van der Waals surface area contributed by atoms with Crippen molar-refractivity contribution in [2.75, 3.05) is 13.2 Å². The third kappa shape index (κ3) is 4.32. The Morgan fingerprint density at radius 3 is 2.85 bits per heavy atom. The molecule has 0 radical (unpaired) electrons. The number of unbranched alkanes of at least 4 members (excludes halogenated alkanes) is 1. The third-order valence-electron chi connectivity index (χ3n) is 4.23. The van der Waals surface area contributed by atoms with E-state index in [0.717, 1.165) is 19.6 Å². The molecule has 2 rings (SSSR count). The first-order valence-corrected chi connectivity index (χ1v) is 8.28. The molecule has 0 aliphatic carbocycles. The van der Waals surface area contributed by atoms with Gasteiger partial charge in [-0.2, -0.15) is 0 Å². The summed E-state index contributed by atoms with van der Waals surface area (Å²) in [6, 6.07) is 9.38. The Hall–Kier alpha value is -0.860. The quantitative estimate of drug-likeness (QED) is 0.766. The van der Waals surface area contributed by atoms with Crippen molar-refractivity contribution >= 4 is 0 Å². The maximum atomic E-state index is 5.97. The highest BCUT2D eigenvalue weighted by Gasteiger charge is 2.21. The molecule has 0 fully saturated rings. The van der Waals surface area contributed by atoms with Gasteiger partial charge >= 0.3 is 0 Å². The van der Waals surface area contributed by atoms with E-state index in [0.29, 0.717) is 6.04 Å². The number of ether oxygens (including phenoxy) is 1. The Morgan fingerprint density at radius 2 is 2.05 bits per heavy atom. The lowest BCUT2D eigenvalue weighted by molar-refractivity contribution is 0.0401. The van der Waals surface area contributed by atoms with Crippen molar-refractivity contribution in [1.29, 1.82) is 0 Å². The minimum absolute atomic E-state index is 0.237. The molecule has 2 nitrogen and oxygen atoms in total. The van der Waals surface area contributed by atoms with Crippen molar-refractivity contribution in [2.24, 2.45) is 0 Å². The summed E-state index contributed by atoms with van der Waals surface area (Å²) in [6.45, 7) is 6.35. The lowest BCUT2D eigenvalue weighted by Gasteiger charge is -2.28. The molecular weight excluding hydrogens is 246 g/mol. The molecule has 0 saturated heterocycles. The Morgan fingerprint density at radius 1 is 1.20 bits per heavy atom. The van der Waals surface area contributed by atoms with E-state index >= 15 is 0 Å². The molecule has 1 N–H and O–H groups in total. The highest BCUT2D eigenvalue weighted by Crippen LogP contribution is 2.26. The summed E-state index contributed by atoms with van der Waals surface area (Å²) < 4.78 is 5.97. The summed E-state index contributed by atoms with van der Waals surface area (Å²) in [5.74, 6) is 0. The predicted molar refractivity (Wildman–Crippen MR) is 85.1 cm³/mol. The number of fused-ring (bicyclic) bond motifs is 1. The van der Waals surface area contributed by atoms with Crippen LogP contribution in [-0.4, -0.2) is 19.2 Å². The molecule has 0 saturated carbocycles. The average molecular weight is 275 g/mol. The van der Waals surface area contributed by atoms with E-state index in [4.69, 9.17) is 4.74 Å². The molecule has 1 aliphatic heterocycles. The van der Waals surface area contributed by atoms with E-state index < -0.39 is 0 Å². The summed E-state index contributed by atoms with van der Waals surface area (Å²) in [4.78, 5) is 0. The third-order valence-corrected chi connectivity index (χ3v) is 4.23. The van der Waals surface area contributed by atoms with Crippen molar-refractivity contribution in [2.45, 2.75) is 64.5 Å². The summed E-state index contributed by atoms with van der Waals surface area (Å²) in [7, 11) is 0. The van der Waals surface area contributed by atoms with Gasteiger partial charge in [-0.3, -0.25) is 0 Å². The molecule has 112 valence electrons. The highest BCUT2D eigenvalue weighted by atomic mass is 16.5. The first-order valence-electron chi connectivity index (χ1n) is 8.28. The maximum Gasteiger partial charge on any atom is 0.0952 e. The van der Waals surface area contributed by atoms with Gasteiger partial charge in [0.1, 0.15) is 0 Å². The SMILES string of the molecule is CCCCC(CCC)NCC1OCCc2ccccc21. The zero-order valence-electron chi connectivity index (χ0n) is 13.0. The molecule has 20 heavy (non-hydrogen) atoms. The minimum atomic E-state index is 0.237. The summed E-state index contributed by atoms with van der Waals surface area (Å²) in [5.41, 5.74) is 2.85. The van der Waals surface area contributed by atoms with E-state index in [1.54, 1.807) is 0 Å². The second kappa shape index (κ2) is 8.43. The number of benzene rings is 1. The highest BCUT2D eigenvalue weighted by molar-refractivity contribution is 5.31. The van der Waals surface area contributed by atoms with Crippen LogP contribution in [0, 0.1) is 0 Å². The van der Waals surface area contributed by atoms with Crippen LogP contribution in [0.25, 0.3) is 0 Å². The van der Waals surface area contributed by atoms with Crippen LogP contribution < -0.4 is 5.32 Å². The van der Waals surface area contributed by atoms with Crippen molar-refractivity contribution in [3.63, 3.8) is 0 Å². The van der Waals surface area contributed by atoms with Gasteiger partial charge in [0.25, 0.3) is 0 Å². The van der Waals surface area contributed by atoms with Crippen LogP contribution in [0.2, 0.25) is 0 Å². The van der Waals surface area contributed by atoms with Gasteiger partial charge in [-0.1, -0.05) is 57.4 Å². The number of hydrogen-bond acceptors (Lipinski definition) is 2. The van der Waals surface area contributed by atoms with E-state index in [2.05, 4.69) is 43.4 Å². The fraction of sp³-hybridized carbons (Fsp3) is 0.667. The minimum Gasteiger partial charge on any atom is -0.372 e. The van der Waals surface area contributed by atoms with Gasteiger partial charge in [0, 0.05) is 12.6 Å². The van der Waals surface area contributed by atoms with E-state index in [9.17, 15) is 0 Å². The van der Waals surface area contributed by atoms with Crippen LogP contribution in [-0.2, 0) is 11.2 Å². The molecule has 0 spiro atoms. The lowest BCUT2D eigenvalue weighted by Crippen LogP contribution is -2.35. The van der Waals surface area contributed by atoms with Crippen LogP contribution in [0.3, 0.4) is 0 Å².